The normalized spacial score (nSPS) is 21.7. The Balaban J connectivity index is 1.73. The molecule has 0 radical (unpaired) electrons. The van der Waals surface area contributed by atoms with Gasteiger partial charge in [-0.3, -0.25) is 4.90 Å². The summed E-state index contributed by atoms with van der Waals surface area (Å²) < 4.78 is 17.1. The van der Waals surface area contributed by atoms with E-state index in [0.717, 1.165) is 10.6 Å². The van der Waals surface area contributed by atoms with Crippen molar-refractivity contribution < 1.29 is 14.0 Å². The fourth-order valence-corrected chi connectivity index (χ4v) is 3.34. The molecule has 2 heterocycles. The van der Waals surface area contributed by atoms with E-state index >= 15 is 0 Å². The van der Waals surface area contributed by atoms with Crippen LogP contribution in [0.3, 0.4) is 0 Å². The Morgan fingerprint density at radius 2 is 2.15 bits per heavy atom. The lowest BCUT2D eigenvalue weighted by Gasteiger charge is -2.45. The zero-order valence-corrected chi connectivity index (χ0v) is 16.5. The monoisotopic (exact) mass is 379 g/mol. The molecule has 2 aromatic rings. The first kappa shape index (κ1) is 19.3. The molecule has 1 saturated heterocycles. The highest BCUT2D eigenvalue weighted by molar-refractivity contribution is 6.31. The second-order valence-electron chi connectivity index (χ2n) is 7.16. The van der Waals surface area contributed by atoms with Gasteiger partial charge in [-0.25, -0.2) is 0 Å². The predicted octanol–water partition coefficient (Wildman–Crippen LogP) is 4.17. The third-order valence-electron chi connectivity index (χ3n) is 4.72. The molecule has 3 rings (SSSR count). The first-order chi connectivity index (χ1) is 12.4. The Morgan fingerprint density at radius 3 is 2.88 bits per heavy atom. The minimum Gasteiger partial charge on any atom is -0.371 e. The van der Waals surface area contributed by atoms with Crippen molar-refractivity contribution >= 4 is 11.6 Å². The van der Waals surface area contributed by atoms with Crippen molar-refractivity contribution in [3.8, 4) is 0 Å². The van der Waals surface area contributed by atoms with Crippen LogP contribution in [0.5, 0.6) is 0 Å². The molecule has 0 N–H and O–H groups in total. The van der Waals surface area contributed by atoms with Gasteiger partial charge in [-0.05, 0) is 33.8 Å². The van der Waals surface area contributed by atoms with Crippen LogP contribution in [0.15, 0.2) is 28.8 Å². The molecule has 1 aliphatic rings. The number of aromatic nitrogens is 2. The Hall–Kier alpha value is -1.47. The van der Waals surface area contributed by atoms with Gasteiger partial charge >= 0.3 is 0 Å². The number of halogens is 1. The van der Waals surface area contributed by atoms with Crippen LogP contribution in [0.1, 0.15) is 57.2 Å². The summed E-state index contributed by atoms with van der Waals surface area (Å²) in [5, 5.41) is 4.77. The van der Waals surface area contributed by atoms with Crippen LogP contribution >= 0.6 is 11.6 Å². The van der Waals surface area contributed by atoms with Crippen LogP contribution in [0.4, 0.5) is 0 Å². The third kappa shape index (κ3) is 4.26. The molecule has 1 fully saturated rings. The Kier molecular flexibility index (Phi) is 5.97. The predicted molar refractivity (Wildman–Crippen MR) is 99.0 cm³/mol. The molecule has 0 bridgehead atoms. The average Bonchev–Trinajstić information content (AvgIpc) is 3.06. The van der Waals surface area contributed by atoms with E-state index in [0.29, 0.717) is 38.0 Å². The molecule has 1 aromatic heterocycles. The molecule has 0 amide bonds. The average molecular weight is 380 g/mol. The number of rotatable bonds is 6. The van der Waals surface area contributed by atoms with E-state index < -0.39 is 0 Å². The summed E-state index contributed by atoms with van der Waals surface area (Å²) in [6.07, 6.45) is -0.257. The Morgan fingerprint density at radius 1 is 1.38 bits per heavy atom. The molecule has 6 nitrogen and oxygen atoms in total. The largest absolute Gasteiger partial charge is 0.371 e. The fourth-order valence-electron chi connectivity index (χ4n) is 3.08. The van der Waals surface area contributed by atoms with Gasteiger partial charge in [0.2, 0.25) is 5.89 Å². The van der Waals surface area contributed by atoms with Gasteiger partial charge in [0, 0.05) is 29.3 Å². The van der Waals surface area contributed by atoms with E-state index in [4.69, 9.17) is 25.6 Å². The van der Waals surface area contributed by atoms with Crippen LogP contribution in [-0.4, -0.2) is 40.3 Å². The van der Waals surface area contributed by atoms with Crippen LogP contribution < -0.4 is 0 Å². The van der Waals surface area contributed by atoms with Gasteiger partial charge in [0.1, 0.15) is 6.10 Å². The van der Waals surface area contributed by atoms with Gasteiger partial charge < -0.3 is 14.0 Å². The lowest BCUT2D eigenvalue weighted by molar-refractivity contribution is -0.107. The molecule has 0 unspecified atom stereocenters. The number of ether oxygens (including phenoxy) is 2. The number of hydrogen-bond donors (Lipinski definition) is 0. The highest BCUT2D eigenvalue weighted by Crippen LogP contribution is 2.34. The summed E-state index contributed by atoms with van der Waals surface area (Å²) in [6.45, 7) is 10.6. The maximum absolute atomic E-state index is 6.35. The van der Waals surface area contributed by atoms with Crippen molar-refractivity contribution in [3.05, 3.63) is 46.6 Å². The maximum atomic E-state index is 6.35. The Bertz CT molecular complexity index is 734. The second-order valence-corrected chi connectivity index (χ2v) is 7.57. The van der Waals surface area contributed by atoms with E-state index in [9.17, 15) is 0 Å². The highest BCUT2D eigenvalue weighted by Gasteiger charge is 2.37. The standard InChI is InChI=1S/C19H26ClN3O3/c1-5-24-13(2)18-21-17(26-22-18)11-23-10-16(25-12-19(23,3)4)14-8-6-7-9-15(14)20/h6-9,13,16H,5,10-12H2,1-4H3/t13-,16+/m0/s1. The zero-order chi connectivity index (χ0) is 18.7. The lowest BCUT2D eigenvalue weighted by atomic mass is 9.98. The summed E-state index contributed by atoms with van der Waals surface area (Å²) in [6, 6.07) is 7.81. The first-order valence-corrected chi connectivity index (χ1v) is 9.33. The minimum absolute atomic E-state index is 0.0820. The van der Waals surface area contributed by atoms with E-state index in [1.165, 1.54) is 0 Å². The molecule has 1 aromatic carbocycles. The first-order valence-electron chi connectivity index (χ1n) is 8.96. The molecule has 0 saturated carbocycles. The zero-order valence-electron chi connectivity index (χ0n) is 15.7. The van der Waals surface area contributed by atoms with Crippen molar-refractivity contribution in [3.63, 3.8) is 0 Å². The summed E-state index contributed by atoms with van der Waals surface area (Å²) in [5.74, 6) is 1.16. The van der Waals surface area contributed by atoms with Gasteiger partial charge in [0.05, 0.1) is 19.3 Å². The second kappa shape index (κ2) is 8.05. The third-order valence-corrected chi connectivity index (χ3v) is 5.07. The molecular formula is C19H26ClN3O3. The van der Waals surface area contributed by atoms with Crippen LogP contribution in [-0.2, 0) is 16.0 Å². The van der Waals surface area contributed by atoms with Gasteiger partial charge in [-0.2, -0.15) is 4.98 Å². The van der Waals surface area contributed by atoms with E-state index in [1.54, 1.807) is 0 Å². The van der Waals surface area contributed by atoms with Crippen LogP contribution in [0.2, 0.25) is 5.02 Å². The van der Waals surface area contributed by atoms with E-state index in [2.05, 4.69) is 28.9 Å². The SMILES string of the molecule is CCO[C@@H](C)c1noc(CN2C[C@H](c3ccccc3Cl)OCC2(C)C)n1. The Labute approximate surface area is 159 Å². The molecular weight excluding hydrogens is 354 g/mol. The van der Waals surface area contributed by atoms with Gasteiger partial charge in [0.25, 0.3) is 0 Å². The minimum atomic E-state index is -0.175. The number of hydrogen-bond acceptors (Lipinski definition) is 6. The molecule has 1 aliphatic heterocycles. The topological polar surface area (TPSA) is 60.6 Å². The van der Waals surface area contributed by atoms with Crippen LogP contribution in [0, 0.1) is 0 Å². The summed E-state index contributed by atoms with van der Waals surface area (Å²) in [7, 11) is 0. The lowest BCUT2D eigenvalue weighted by Crippen LogP contribution is -2.53. The van der Waals surface area contributed by atoms with Gasteiger partial charge in [-0.1, -0.05) is 35.0 Å². The van der Waals surface area contributed by atoms with E-state index in [-0.39, 0.29) is 17.7 Å². The summed E-state index contributed by atoms with van der Waals surface area (Å²) in [4.78, 5) is 6.79. The van der Waals surface area contributed by atoms with Crippen molar-refractivity contribution in [2.24, 2.45) is 0 Å². The molecule has 0 spiro atoms. The molecule has 7 heteroatoms. The number of nitrogens with zero attached hydrogens (tertiary/aromatic N) is 3. The number of morpholine rings is 1. The fraction of sp³-hybridized carbons (Fsp3) is 0.579. The summed E-state index contributed by atoms with van der Waals surface area (Å²) >= 11 is 6.35. The molecule has 26 heavy (non-hydrogen) atoms. The van der Waals surface area contributed by atoms with Crippen molar-refractivity contribution in [2.45, 2.75) is 52.0 Å². The van der Waals surface area contributed by atoms with Crippen molar-refractivity contribution in [1.82, 2.24) is 15.0 Å². The van der Waals surface area contributed by atoms with Gasteiger partial charge in [-0.15, -0.1) is 0 Å². The quantitative estimate of drug-likeness (QED) is 0.750. The molecule has 0 aliphatic carbocycles. The molecule has 2 atom stereocenters. The number of benzene rings is 1. The summed E-state index contributed by atoms with van der Waals surface area (Å²) in [5.41, 5.74) is 0.864. The van der Waals surface area contributed by atoms with E-state index in [1.807, 2.05) is 38.1 Å². The molecule has 142 valence electrons. The van der Waals surface area contributed by atoms with Crippen molar-refractivity contribution in [1.29, 1.82) is 0 Å². The van der Waals surface area contributed by atoms with Crippen LogP contribution in [0.25, 0.3) is 0 Å². The van der Waals surface area contributed by atoms with Gasteiger partial charge in [0.15, 0.2) is 5.82 Å². The maximum Gasteiger partial charge on any atom is 0.240 e. The smallest absolute Gasteiger partial charge is 0.240 e. The van der Waals surface area contributed by atoms with Crippen molar-refractivity contribution in [2.75, 3.05) is 19.8 Å². The highest BCUT2D eigenvalue weighted by atomic mass is 35.5.